The van der Waals surface area contributed by atoms with Gasteiger partial charge in [-0.25, -0.2) is 5.48 Å². The van der Waals surface area contributed by atoms with E-state index in [2.05, 4.69) is 43.1 Å². The molecule has 1 aromatic heterocycles. The van der Waals surface area contributed by atoms with Crippen molar-refractivity contribution in [3.8, 4) is 0 Å². The van der Waals surface area contributed by atoms with Crippen LogP contribution in [0.25, 0.3) is 5.57 Å². The van der Waals surface area contributed by atoms with Crippen molar-refractivity contribution in [3.63, 3.8) is 0 Å². The van der Waals surface area contributed by atoms with Crippen LogP contribution < -0.4 is 5.48 Å². The van der Waals surface area contributed by atoms with Crippen LogP contribution in [-0.4, -0.2) is 28.2 Å². The molecular formula is C33H46N2O4. The summed E-state index contributed by atoms with van der Waals surface area (Å²) in [5.41, 5.74) is 6.50. The number of carbonyl (C=O) groups excluding carboxylic acids is 2. The molecule has 0 aromatic carbocycles. The van der Waals surface area contributed by atoms with Gasteiger partial charge in [0.05, 0.1) is 0 Å². The monoisotopic (exact) mass is 534 g/mol. The Balaban J connectivity index is 1.12. The first-order valence-corrected chi connectivity index (χ1v) is 15.3. The summed E-state index contributed by atoms with van der Waals surface area (Å²) >= 11 is 0. The maximum Gasteiger partial charge on any atom is 0.306 e. The SMILES string of the molecule is C[C@]12CC[C@@H](OC(=O)CCCCCCCC(=O)NO)CC1=CC[C@@H]1[C@@H]2CC[C@]2(C)C(c3cccnc3)=CC[C@@H]12. The zero-order valence-electron chi connectivity index (χ0n) is 23.8. The van der Waals surface area contributed by atoms with Crippen LogP contribution in [0, 0.1) is 28.6 Å². The Morgan fingerprint density at radius 1 is 1.00 bits per heavy atom. The number of hydroxylamine groups is 1. The molecule has 0 bridgehead atoms. The van der Waals surface area contributed by atoms with Crippen LogP contribution in [0.1, 0.15) is 109 Å². The maximum atomic E-state index is 12.6. The molecule has 2 saturated carbocycles. The minimum Gasteiger partial charge on any atom is -0.462 e. The van der Waals surface area contributed by atoms with Crippen molar-refractivity contribution in [2.75, 3.05) is 0 Å². The van der Waals surface area contributed by atoms with E-state index in [0.29, 0.717) is 18.8 Å². The van der Waals surface area contributed by atoms with Gasteiger partial charge in [-0.15, -0.1) is 0 Å². The number of allylic oxidation sites excluding steroid dienone is 3. The molecular weight excluding hydrogens is 488 g/mol. The first kappa shape index (κ1) is 28.1. The van der Waals surface area contributed by atoms with Gasteiger partial charge in [-0.2, -0.15) is 0 Å². The molecule has 0 aliphatic heterocycles. The van der Waals surface area contributed by atoms with Crippen molar-refractivity contribution < 1.29 is 19.5 Å². The van der Waals surface area contributed by atoms with Gasteiger partial charge < -0.3 is 4.74 Å². The summed E-state index contributed by atoms with van der Waals surface area (Å²) in [4.78, 5) is 28.0. The molecule has 0 radical (unpaired) electrons. The van der Waals surface area contributed by atoms with Gasteiger partial charge in [-0.3, -0.25) is 19.8 Å². The number of nitrogens with one attached hydrogen (secondary N) is 1. The lowest BCUT2D eigenvalue weighted by molar-refractivity contribution is -0.151. The Labute approximate surface area is 233 Å². The zero-order valence-corrected chi connectivity index (χ0v) is 23.8. The maximum absolute atomic E-state index is 12.6. The molecule has 39 heavy (non-hydrogen) atoms. The van der Waals surface area contributed by atoms with E-state index in [9.17, 15) is 9.59 Å². The fourth-order valence-corrected chi connectivity index (χ4v) is 8.65. The summed E-state index contributed by atoms with van der Waals surface area (Å²) in [5.74, 6) is 1.74. The summed E-state index contributed by atoms with van der Waals surface area (Å²) in [6.45, 7) is 5.01. The van der Waals surface area contributed by atoms with E-state index in [1.165, 1.54) is 30.4 Å². The number of pyridine rings is 1. The normalized spacial score (nSPS) is 33.2. The van der Waals surface area contributed by atoms with Crippen LogP contribution in [-0.2, 0) is 14.3 Å². The molecule has 2 N–H and O–H groups in total. The molecule has 4 aliphatic carbocycles. The van der Waals surface area contributed by atoms with E-state index in [1.54, 1.807) is 11.1 Å². The zero-order chi connectivity index (χ0) is 27.5. The first-order valence-electron chi connectivity index (χ1n) is 15.3. The number of aromatic nitrogens is 1. The van der Waals surface area contributed by atoms with Gasteiger partial charge in [0.1, 0.15) is 6.10 Å². The van der Waals surface area contributed by atoms with Crippen LogP contribution in [0.2, 0.25) is 0 Å². The van der Waals surface area contributed by atoms with Gasteiger partial charge in [-0.1, -0.05) is 56.9 Å². The molecule has 4 aliphatic rings. The lowest BCUT2D eigenvalue weighted by Crippen LogP contribution is -2.50. The van der Waals surface area contributed by atoms with Crippen LogP contribution in [0.15, 0.2) is 42.3 Å². The third kappa shape index (κ3) is 5.73. The van der Waals surface area contributed by atoms with Crippen LogP contribution in [0.3, 0.4) is 0 Å². The highest BCUT2D eigenvalue weighted by Crippen LogP contribution is 2.66. The molecule has 6 atom stereocenters. The average Bonchev–Trinajstić information content (AvgIpc) is 3.30. The van der Waals surface area contributed by atoms with E-state index in [0.717, 1.165) is 69.6 Å². The Morgan fingerprint density at radius 2 is 1.77 bits per heavy atom. The molecule has 5 rings (SSSR count). The molecule has 212 valence electrons. The molecule has 6 nitrogen and oxygen atoms in total. The second-order valence-corrected chi connectivity index (χ2v) is 13.0. The average molecular weight is 535 g/mol. The Kier molecular flexibility index (Phi) is 8.60. The molecule has 0 saturated heterocycles. The summed E-state index contributed by atoms with van der Waals surface area (Å²) in [6, 6.07) is 4.29. The molecule has 0 unspecified atom stereocenters. The van der Waals surface area contributed by atoms with Gasteiger partial charge in [0.15, 0.2) is 0 Å². The van der Waals surface area contributed by atoms with E-state index in [1.807, 2.05) is 12.4 Å². The topological polar surface area (TPSA) is 88.5 Å². The number of hydrogen-bond acceptors (Lipinski definition) is 5. The number of nitrogens with zero attached hydrogens (tertiary/aromatic N) is 1. The molecule has 2 fully saturated rings. The lowest BCUT2D eigenvalue weighted by atomic mass is 9.47. The van der Waals surface area contributed by atoms with E-state index >= 15 is 0 Å². The van der Waals surface area contributed by atoms with Crippen LogP contribution in [0.5, 0.6) is 0 Å². The second-order valence-electron chi connectivity index (χ2n) is 13.0. The van der Waals surface area contributed by atoms with Gasteiger partial charge >= 0.3 is 5.97 Å². The molecule has 0 spiro atoms. The fraction of sp³-hybridized carbons (Fsp3) is 0.667. The van der Waals surface area contributed by atoms with E-state index in [4.69, 9.17) is 9.94 Å². The van der Waals surface area contributed by atoms with Gasteiger partial charge in [0, 0.05) is 31.7 Å². The van der Waals surface area contributed by atoms with Crippen molar-refractivity contribution in [1.29, 1.82) is 0 Å². The van der Waals surface area contributed by atoms with Crippen molar-refractivity contribution in [3.05, 3.63) is 47.8 Å². The smallest absolute Gasteiger partial charge is 0.306 e. The second kappa shape index (κ2) is 12.0. The summed E-state index contributed by atoms with van der Waals surface area (Å²) in [6.07, 6.45) is 22.1. The third-order valence-electron chi connectivity index (χ3n) is 10.8. The molecule has 1 heterocycles. The molecule has 6 heteroatoms. The highest BCUT2D eigenvalue weighted by molar-refractivity contribution is 5.74. The lowest BCUT2D eigenvalue weighted by Gasteiger charge is -2.57. The standard InChI is InChI=1S/C33H46N2O4/c1-32-18-16-25(39-31(37)11-7-5-3-4-6-10-30(36)35-38)21-24(32)12-13-26-28-15-14-27(23-9-8-20-34-22-23)33(28,2)19-17-29(26)32/h8-9,12,14,20,22,25-26,28-29,38H,3-7,10-11,13,15-19,21H2,1-2H3,(H,35,36)/t25-,26+,28+,29+,32+,33-/m1/s1. The Bertz CT molecular complexity index is 1100. The van der Waals surface area contributed by atoms with Crippen LogP contribution in [0.4, 0.5) is 0 Å². The van der Waals surface area contributed by atoms with E-state index < -0.39 is 0 Å². The highest BCUT2D eigenvalue weighted by Gasteiger charge is 2.57. The number of unbranched alkanes of at least 4 members (excludes halogenated alkanes) is 4. The highest BCUT2D eigenvalue weighted by atomic mass is 16.5. The predicted octanol–water partition coefficient (Wildman–Crippen LogP) is 7.19. The largest absolute Gasteiger partial charge is 0.462 e. The number of amides is 1. The predicted molar refractivity (Wildman–Crippen MR) is 151 cm³/mol. The summed E-state index contributed by atoms with van der Waals surface area (Å²) < 4.78 is 5.97. The summed E-state index contributed by atoms with van der Waals surface area (Å²) in [7, 11) is 0. The first-order chi connectivity index (χ1) is 18.8. The molecule has 1 aromatic rings. The number of carbonyl (C=O) groups is 2. The number of esters is 1. The van der Waals surface area contributed by atoms with Gasteiger partial charge in [0.2, 0.25) is 5.91 Å². The van der Waals surface area contributed by atoms with Crippen LogP contribution >= 0.6 is 0 Å². The number of rotatable bonds is 10. The summed E-state index contributed by atoms with van der Waals surface area (Å²) in [5, 5.41) is 8.53. The third-order valence-corrected chi connectivity index (χ3v) is 10.8. The number of hydrogen-bond donors (Lipinski definition) is 2. The Morgan fingerprint density at radius 3 is 2.54 bits per heavy atom. The minimum absolute atomic E-state index is 0.0181. The Hall–Kier alpha value is -2.47. The number of ether oxygens (including phenoxy) is 1. The van der Waals surface area contributed by atoms with Crippen molar-refractivity contribution >= 4 is 17.4 Å². The number of fused-ring (bicyclic) bond motifs is 5. The molecule has 1 amide bonds. The van der Waals surface area contributed by atoms with Crippen molar-refractivity contribution in [1.82, 2.24) is 10.5 Å². The quantitative estimate of drug-likeness (QED) is 0.109. The minimum atomic E-state index is -0.335. The van der Waals surface area contributed by atoms with E-state index in [-0.39, 0.29) is 28.8 Å². The van der Waals surface area contributed by atoms with Crippen molar-refractivity contribution in [2.45, 2.75) is 110 Å². The van der Waals surface area contributed by atoms with Gasteiger partial charge in [-0.05, 0) is 97.2 Å². The fourth-order valence-electron chi connectivity index (χ4n) is 8.65. The van der Waals surface area contributed by atoms with Gasteiger partial charge in [0.25, 0.3) is 0 Å². The van der Waals surface area contributed by atoms with Crippen molar-refractivity contribution in [2.24, 2.45) is 28.6 Å².